The van der Waals surface area contributed by atoms with E-state index in [1.807, 2.05) is 25.2 Å². The number of nitrogens with one attached hydrogen (secondary N) is 3. The molecule has 0 bridgehead atoms. The van der Waals surface area contributed by atoms with Crippen LogP contribution in [0.25, 0.3) is 5.69 Å². The Bertz CT molecular complexity index is 1560. The fourth-order valence-corrected chi connectivity index (χ4v) is 4.89. The van der Waals surface area contributed by atoms with E-state index in [0.29, 0.717) is 17.8 Å². The lowest BCUT2D eigenvalue weighted by Gasteiger charge is -2.29. The minimum absolute atomic E-state index is 0.151. The second-order valence-corrected chi connectivity index (χ2v) is 10.1. The Labute approximate surface area is 241 Å². The van der Waals surface area contributed by atoms with Crippen molar-refractivity contribution < 1.29 is 22.8 Å². The van der Waals surface area contributed by atoms with Crippen molar-refractivity contribution >= 4 is 29.0 Å². The van der Waals surface area contributed by atoms with Crippen LogP contribution >= 0.6 is 0 Å². The predicted molar refractivity (Wildman–Crippen MR) is 156 cm³/mol. The van der Waals surface area contributed by atoms with Gasteiger partial charge in [0.05, 0.1) is 22.5 Å². The van der Waals surface area contributed by atoms with Crippen molar-refractivity contribution in [3.63, 3.8) is 0 Å². The number of amides is 2. The molecule has 0 saturated carbocycles. The standard InChI is InChI=1S/C31H31F3N6O2/c1-35-20-21-8-10-22(11-9-21)29(41)36-27-13-12-24(39-15-3-2-4-16-39)19-26(27)30(42)37-28-14-17-40(38-28)25-7-5-6-23(18-25)31(32,33)34/h5-14,17-19,35H,2-4,15-16,20H2,1H3,(H,36,41)(H,37,38,42). The number of rotatable bonds is 8. The maximum atomic E-state index is 13.5. The smallest absolute Gasteiger partial charge is 0.372 e. The maximum absolute atomic E-state index is 13.5. The van der Waals surface area contributed by atoms with E-state index in [1.54, 1.807) is 24.3 Å². The van der Waals surface area contributed by atoms with Gasteiger partial charge in [-0.25, -0.2) is 4.68 Å². The third-order valence-corrected chi connectivity index (χ3v) is 7.08. The van der Waals surface area contributed by atoms with Crippen LogP contribution in [-0.2, 0) is 12.7 Å². The highest BCUT2D eigenvalue weighted by Gasteiger charge is 2.30. The van der Waals surface area contributed by atoms with Crippen molar-refractivity contribution in [2.45, 2.75) is 32.0 Å². The first kappa shape index (κ1) is 28.9. The molecule has 0 atom stereocenters. The monoisotopic (exact) mass is 576 g/mol. The summed E-state index contributed by atoms with van der Waals surface area (Å²) in [5.74, 6) is -0.722. The number of carbonyl (C=O) groups excluding carboxylic acids is 2. The molecule has 0 spiro atoms. The molecule has 8 nitrogen and oxygen atoms in total. The number of anilines is 3. The van der Waals surface area contributed by atoms with Gasteiger partial charge in [0.25, 0.3) is 11.8 Å². The molecule has 1 saturated heterocycles. The second kappa shape index (κ2) is 12.5. The molecular weight excluding hydrogens is 545 g/mol. The molecule has 1 aliphatic heterocycles. The average molecular weight is 577 g/mol. The average Bonchev–Trinajstić information content (AvgIpc) is 3.46. The summed E-state index contributed by atoms with van der Waals surface area (Å²) in [4.78, 5) is 28.8. The molecule has 0 radical (unpaired) electrons. The number of benzene rings is 3. The molecule has 3 aromatic carbocycles. The normalized spacial score (nSPS) is 13.6. The highest BCUT2D eigenvalue weighted by Crippen LogP contribution is 2.31. The Hall–Kier alpha value is -4.64. The minimum Gasteiger partial charge on any atom is -0.372 e. The van der Waals surface area contributed by atoms with Gasteiger partial charge in [0.15, 0.2) is 5.82 Å². The minimum atomic E-state index is -4.49. The fourth-order valence-electron chi connectivity index (χ4n) is 4.89. The number of alkyl halides is 3. The van der Waals surface area contributed by atoms with E-state index in [1.165, 1.54) is 29.1 Å². The van der Waals surface area contributed by atoms with Gasteiger partial charge in [0.1, 0.15) is 0 Å². The van der Waals surface area contributed by atoms with Gasteiger partial charge in [-0.05, 0) is 80.4 Å². The van der Waals surface area contributed by atoms with E-state index in [4.69, 9.17) is 0 Å². The van der Waals surface area contributed by atoms with Crippen LogP contribution < -0.4 is 20.9 Å². The quantitative estimate of drug-likeness (QED) is 0.236. The molecule has 5 rings (SSSR count). The molecule has 4 aromatic rings. The van der Waals surface area contributed by atoms with Crippen LogP contribution in [0.15, 0.2) is 79.0 Å². The zero-order chi connectivity index (χ0) is 29.7. The van der Waals surface area contributed by atoms with Crippen molar-refractivity contribution in [3.8, 4) is 5.69 Å². The zero-order valence-corrected chi connectivity index (χ0v) is 23.0. The highest BCUT2D eigenvalue weighted by atomic mass is 19.4. The van der Waals surface area contributed by atoms with Gasteiger partial charge in [0.2, 0.25) is 0 Å². The molecular formula is C31H31F3N6O2. The van der Waals surface area contributed by atoms with Crippen molar-refractivity contribution in [1.29, 1.82) is 0 Å². The Morgan fingerprint density at radius 3 is 2.33 bits per heavy atom. The van der Waals surface area contributed by atoms with E-state index in [-0.39, 0.29) is 23.0 Å². The lowest BCUT2D eigenvalue weighted by atomic mass is 10.1. The van der Waals surface area contributed by atoms with Crippen LogP contribution in [0, 0.1) is 0 Å². The summed E-state index contributed by atoms with van der Waals surface area (Å²) < 4.78 is 40.8. The lowest BCUT2D eigenvalue weighted by Crippen LogP contribution is -2.29. The van der Waals surface area contributed by atoms with Crippen molar-refractivity contribution in [2.24, 2.45) is 0 Å². The van der Waals surface area contributed by atoms with E-state index in [2.05, 4.69) is 25.9 Å². The summed E-state index contributed by atoms with van der Waals surface area (Å²) >= 11 is 0. The number of nitrogens with zero attached hydrogens (tertiary/aromatic N) is 3. The number of halogens is 3. The van der Waals surface area contributed by atoms with Gasteiger partial charge in [-0.1, -0.05) is 18.2 Å². The molecule has 2 heterocycles. The van der Waals surface area contributed by atoms with Gasteiger partial charge in [-0.15, -0.1) is 0 Å². The number of piperidine rings is 1. The van der Waals surface area contributed by atoms with Gasteiger partial charge in [-0.2, -0.15) is 18.3 Å². The molecule has 2 amide bonds. The summed E-state index contributed by atoms with van der Waals surface area (Å²) in [7, 11) is 1.84. The van der Waals surface area contributed by atoms with Crippen LogP contribution in [0.1, 0.15) is 51.1 Å². The molecule has 1 aromatic heterocycles. The summed E-state index contributed by atoms with van der Waals surface area (Å²) in [6.07, 6.45) is 0.234. The first-order valence-electron chi connectivity index (χ1n) is 13.7. The highest BCUT2D eigenvalue weighted by molar-refractivity contribution is 6.12. The Morgan fingerprint density at radius 2 is 1.62 bits per heavy atom. The molecule has 42 heavy (non-hydrogen) atoms. The van der Waals surface area contributed by atoms with Crippen LogP contribution in [0.3, 0.4) is 0 Å². The van der Waals surface area contributed by atoms with Crippen molar-refractivity contribution in [2.75, 3.05) is 35.7 Å². The Balaban J connectivity index is 1.39. The summed E-state index contributed by atoms with van der Waals surface area (Å²) in [6.45, 7) is 2.41. The number of hydrogen-bond acceptors (Lipinski definition) is 5. The van der Waals surface area contributed by atoms with Crippen LogP contribution in [0.4, 0.5) is 30.4 Å². The van der Waals surface area contributed by atoms with E-state index >= 15 is 0 Å². The van der Waals surface area contributed by atoms with Gasteiger partial charge in [-0.3, -0.25) is 9.59 Å². The molecule has 0 unspecified atom stereocenters. The van der Waals surface area contributed by atoms with Crippen LogP contribution in [0.2, 0.25) is 0 Å². The van der Waals surface area contributed by atoms with E-state index in [0.717, 1.165) is 55.7 Å². The Morgan fingerprint density at radius 1 is 0.857 bits per heavy atom. The maximum Gasteiger partial charge on any atom is 0.416 e. The second-order valence-electron chi connectivity index (χ2n) is 10.1. The van der Waals surface area contributed by atoms with Gasteiger partial charge >= 0.3 is 6.18 Å². The van der Waals surface area contributed by atoms with Crippen molar-refractivity contribution in [1.82, 2.24) is 15.1 Å². The first-order chi connectivity index (χ1) is 20.2. The zero-order valence-electron chi connectivity index (χ0n) is 23.0. The first-order valence-corrected chi connectivity index (χ1v) is 13.7. The summed E-state index contributed by atoms with van der Waals surface area (Å²) in [6, 6.07) is 18.8. The lowest BCUT2D eigenvalue weighted by molar-refractivity contribution is -0.137. The molecule has 1 aliphatic rings. The summed E-state index contributed by atoms with van der Waals surface area (Å²) in [5, 5.41) is 12.9. The fraction of sp³-hybridized carbons (Fsp3) is 0.258. The van der Waals surface area contributed by atoms with Crippen molar-refractivity contribution in [3.05, 3.63) is 101 Å². The third-order valence-electron chi connectivity index (χ3n) is 7.08. The summed E-state index contributed by atoms with van der Waals surface area (Å²) in [5.41, 5.74) is 2.31. The number of aromatic nitrogens is 2. The van der Waals surface area contributed by atoms with E-state index < -0.39 is 17.6 Å². The molecule has 218 valence electrons. The topological polar surface area (TPSA) is 91.3 Å². The predicted octanol–water partition coefficient (Wildman–Crippen LogP) is 6.11. The molecule has 11 heteroatoms. The molecule has 3 N–H and O–H groups in total. The molecule has 1 fully saturated rings. The van der Waals surface area contributed by atoms with Crippen LogP contribution in [0.5, 0.6) is 0 Å². The van der Waals surface area contributed by atoms with E-state index in [9.17, 15) is 22.8 Å². The number of hydrogen-bond donors (Lipinski definition) is 3. The Kier molecular flexibility index (Phi) is 8.58. The van der Waals surface area contributed by atoms with Crippen LogP contribution in [-0.4, -0.2) is 41.7 Å². The van der Waals surface area contributed by atoms with Gasteiger partial charge in [0, 0.05) is 43.1 Å². The van der Waals surface area contributed by atoms with Gasteiger partial charge < -0.3 is 20.9 Å². The SMILES string of the molecule is CNCc1ccc(C(=O)Nc2ccc(N3CCCCC3)cc2C(=O)Nc2ccn(-c3cccc(C(F)(F)F)c3)n2)cc1. The largest absolute Gasteiger partial charge is 0.416 e. The third kappa shape index (κ3) is 6.80. The molecule has 0 aliphatic carbocycles. The number of carbonyl (C=O) groups is 2.